The zero-order valence-electron chi connectivity index (χ0n) is 10.5. The Kier molecular flexibility index (Phi) is 3.94. The van der Waals surface area contributed by atoms with Crippen molar-refractivity contribution in [2.24, 2.45) is 0 Å². The first-order valence-corrected chi connectivity index (χ1v) is 8.30. The quantitative estimate of drug-likeness (QED) is 0.847. The SMILES string of the molecule is O=C(c1ccsc1)N1CCS[C@H](c2ccco2)CC1. The molecule has 0 spiro atoms. The number of hydrogen-bond acceptors (Lipinski definition) is 4. The minimum atomic E-state index is 0.155. The molecule has 0 unspecified atom stereocenters. The Morgan fingerprint density at radius 1 is 1.37 bits per heavy atom. The summed E-state index contributed by atoms with van der Waals surface area (Å²) in [5.74, 6) is 2.14. The van der Waals surface area contributed by atoms with Crippen LogP contribution in [0.15, 0.2) is 39.6 Å². The topological polar surface area (TPSA) is 33.5 Å². The number of thiophene rings is 1. The van der Waals surface area contributed by atoms with Crippen molar-refractivity contribution in [3.8, 4) is 0 Å². The molecule has 2 aromatic heterocycles. The molecule has 0 bridgehead atoms. The fraction of sp³-hybridized carbons (Fsp3) is 0.357. The van der Waals surface area contributed by atoms with E-state index in [2.05, 4.69) is 0 Å². The minimum Gasteiger partial charge on any atom is -0.468 e. The molecule has 1 aliphatic rings. The highest BCUT2D eigenvalue weighted by Crippen LogP contribution is 2.34. The third-order valence-corrected chi connectivity index (χ3v) is 5.23. The van der Waals surface area contributed by atoms with Crippen molar-refractivity contribution in [3.63, 3.8) is 0 Å². The number of amides is 1. The highest BCUT2D eigenvalue weighted by molar-refractivity contribution is 7.99. The normalized spacial score (nSPS) is 20.2. The monoisotopic (exact) mass is 293 g/mol. The lowest BCUT2D eigenvalue weighted by molar-refractivity contribution is 0.0766. The van der Waals surface area contributed by atoms with Crippen LogP contribution in [0.5, 0.6) is 0 Å². The molecule has 0 aliphatic carbocycles. The van der Waals surface area contributed by atoms with Crippen LogP contribution in [0.4, 0.5) is 0 Å². The van der Waals surface area contributed by atoms with Crippen LogP contribution >= 0.6 is 23.1 Å². The van der Waals surface area contributed by atoms with E-state index in [0.29, 0.717) is 5.25 Å². The summed E-state index contributed by atoms with van der Waals surface area (Å²) >= 11 is 3.44. The summed E-state index contributed by atoms with van der Waals surface area (Å²) < 4.78 is 5.47. The summed E-state index contributed by atoms with van der Waals surface area (Å²) in [5.41, 5.74) is 0.812. The van der Waals surface area contributed by atoms with E-state index in [4.69, 9.17) is 4.42 Å². The molecule has 3 heterocycles. The van der Waals surface area contributed by atoms with Crippen molar-refractivity contribution in [2.45, 2.75) is 11.7 Å². The van der Waals surface area contributed by atoms with Gasteiger partial charge in [-0.2, -0.15) is 11.3 Å². The summed E-state index contributed by atoms with van der Waals surface area (Å²) in [6.07, 6.45) is 2.67. The number of carbonyl (C=O) groups is 1. The fourth-order valence-electron chi connectivity index (χ4n) is 2.24. The van der Waals surface area contributed by atoms with Crippen LogP contribution in [0.25, 0.3) is 0 Å². The van der Waals surface area contributed by atoms with Gasteiger partial charge in [0.15, 0.2) is 0 Å². The van der Waals surface area contributed by atoms with Crippen molar-refractivity contribution >= 4 is 29.0 Å². The van der Waals surface area contributed by atoms with E-state index in [-0.39, 0.29) is 5.91 Å². The molecule has 1 atom stereocenters. The van der Waals surface area contributed by atoms with Crippen LogP contribution < -0.4 is 0 Å². The first-order chi connectivity index (χ1) is 9.34. The van der Waals surface area contributed by atoms with Gasteiger partial charge in [-0.25, -0.2) is 0 Å². The average molecular weight is 293 g/mol. The lowest BCUT2D eigenvalue weighted by Crippen LogP contribution is -2.32. The molecule has 3 rings (SSSR count). The Bertz CT molecular complexity index is 522. The summed E-state index contributed by atoms with van der Waals surface area (Å²) in [7, 11) is 0. The number of carbonyl (C=O) groups excluding carboxylic acids is 1. The molecule has 19 heavy (non-hydrogen) atoms. The van der Waals surface area contributed by atoms with Crippen molar-refractivity contribution in [2.75, 3.05) is 18.8 Å². The second-order valence-corrected chi connectivity index (χ2v) is 6.56. The van der Waals surface area contributed by atoms with Gasteiger partial charge in [0.25, 0.3) is 5.91 Å². The molecular formula is C14H15NO2S2. The zero-order chi connectivity index (χ0) is 13.1. The molecule has 0 saturated carbocycles. The van der Waals surface area contributed by atoms with E-state index in [1.807, 2.05) is 45.6 Å². The Morgan fingerprint density at radius 3 is 3.05 bits per heavy atom. The van der Waals surface area contributed by atoms with E-state index in [9.17, 15) is 4.79 Å². The Morgan fingerprint density at radius 2 is 2.32 bits per heavy atom. The largest absolute Gasteiger partial charge is 0.468 e. The van der Waals surface area contributed by atoms with Crippen LogP contribution in [0.1, 0.15) is 27.8 Å². The van der Waals surface area contributed by atoms with Gasteiger partial charge in [-0.3, -0.25) is 4.79 Å². The first-order valence-electron chi connectivity index (χ1n) is 6.31. The summed E-state index contributed by atoms with van der Waals surface area (Å²) in [6.45, 7) is 1.61. The highest BCUT2D eigenvalue weighted by Gasteiger charge is 2.24. The molecule has 0 radical (unpaired) electrons. The van der Waals surface area contributed by atoms with E-state index in [1.54, 1.807) is 17.6 Å². The smallest absolute Gasteiger partial charge is 0.254 e. The van der Waals surface area contributed by atoms with Gasteiger partial charge in [0.1, 0.15) is 5.76 Å². The first kappa shape index (κ1) is 12.8. The van der Waals surface area contributed by atoms with Gasteiger partial charge in [-0.05, 0) is 30.0 Å². The average Bonchev–Trinajstić information content (AvgIpc) is 3.08. The van der Waals surface area contributed by atoms with Gasteiger partial charge in [0, 0.05) is 24.2 Å². The van der Waals surface area contributed by atoms with Gasteiger partial charge in [-0.15, -0.1) is 11.8 Å². The van der Waals surface area contributed by atoms with E-state index in [1.165, 1.54) is 0 Å². The number of furan rings is 1. The fourth-order valence-corrected chi connectivity index (χ4v) is 4.05. The number of thioether (sulfide) groups is 1. The van der Waals surface area contributed by atoms with Gasteiger partial charge in [-0.1, -0.05) is 0 Å². The lowest BCUT2D eigenvalue weighted by Gasteiger charge is -2.19. The maximum Gasteiger partial charge on any atom is 0.254 e. The molecular weight excluding hydrogens is 278 g/mol. The van der Waals surface area contributed by atoms with Gasteiger partial charge in [0.05, 0.1) is 17.1 Å². The maximum absolute atomic E-state index is 12.3. The second-order valence-electron chi connectivity index (χ2n) is 4.47. The predicted molar refractivity (Wildman–Crippen MR) is 78.7 cm³/mol. The summed E-state index contributed by atoms with van der Waals surface area (Å²) in [5, 5.41) is 4.24. The Balaban J connectivity index is 1.66. The number of nitrogens with zero attached hydrogens (tertiary/aromatic N) is 1. The van der Waals surface area contributed by atoms with Crippen molar-refractivity contribution in [1.82, 2.24) is 4.90 Å². The third kappa shape index (κ3) is 2.87. The molecule has 5 heteroatoms. The van der Waals surface area contributed by atoms with Crippen LogP contribution in [0.3, 0.4) is 0 Å². The second kappa shape index (κ2) is 5.84. The van der Waals surface area contributed by atoms with Crippen molar-refractivity contribution in [3.05, 3.63) is 46.5 Å². The van der Waals surface area contributed by atoms with E-state index in [0.717, 1.165) is 36.6 Å². The van der Waals surface area contributed by atoms with Crippen LogP contribution in [0, 0.1) is 0 Å². The molecule has 0 aromatic carbocycles. The number of hydrogen-bond donors (Lipinski definition) is 0. The van der Waals surface area contributed by atoms with Crippen molar-refractivity contribution < 1.29 is 9.21 Å². The van der Waals surface area contributed by atoms with Crippen LogP contribution in [-0.4, -0.2) is 29.6 Å². The van der Waals surface area contributed by atoms with Gasteiger partial charge < -0.3 is 9.32 Å². The molecule has 100 valence electrons. The molecule has 1 amide bonds. The predicted octanol–water partition coefficient (Wildman–Crippen LogP) is 3.66. The molecule has 1 fully saturated rings. The molecule has 1 saturated heterocycles. The molecule has 0 N–H and O–H groups in total. The standard InChI is InChI=1S/C14H15NO2S2/c16-14(11-4-8-18-10-11)15-5-3-13(19-9-6-15)12-2-1-7-17-12/h1-2,4,7-8,10,13H,3,5-6,9H2/t13-/m0/s1. The molecule has 3 nitrogen and oxygen atoms in total. The Labute approximate surface area is 120 Å². The van der Waals surface area contributed by atoms with E-state index < -0.39 is 0 Å². The van der Waals surface area contributed by atoms with Crippen molar-refractivity contribution in [1.29, 1.82) is 0 Å². The lowest BCUT2D eigenvalue weighted by atomic mass is 10.2. The van der Waals surface area contributed by atoms with E-state index >= 15 is 0 Å². The number of rotatable bonds is 2. The van der Waals surface area contributed by atoms with Gasteiger partial charge in [0.2, 0.25) is 0 Å². The third-order valence-electron chi connectivity index (χ3n) is 3.26. The zero-order valence-corrected chi connectivity index (χ0v) is 12.1. The maximum atomic E-state index is 12.3. The van der Waals surface area contributed by atoms with Crippen LogP contribution in [0.2, 0.25) is 0 Å². The Hall–Kier alpha value is -1.20. The van der Waals surface area contributed by atoms with Gasteiger partial charge >= 0.3 is 0 Å². The summed E-state index contributed by atoms with van der Waals surface area (Å²) in [4.78, 5) is 14.3. The molecule has 2 aromatic rings. The minimum absolute atomic E-state index is 0.155. The highest BCUT2D eigenvalue weighted by atomic mass is 32.2. The van der Waals surface area contributed by atoms with Crippen LogP contribution in [-0.2, 0) is 0 Å². The summed E-state index contributed by atoms with van der Waals surface area (Å²) in [6, 6.07) is 5.85. The molecule has 1 aliphatic heterocycles.